The van der Waals surface area contributed by atoms with Gasteiger partial charge in [-0.1, -0.05) is 26.8 Å². The molecule has 0 aliphatic carbocycles. The minimum Gasteiger partial charge on any atom is -0.480 e. The third-order valence-corrected chi connectivity index (χ3v) is 2.66. The Bertz CT molecular complexity index is 351. The van der Waals surface area contributed by atoms with Crippen LogP contribution in [-0.2, 0) is 14.3 Å². The van der Waals surface area contributed by atoms with Gasteiger partial charge < -0.3 is 9.47 Å². The molecular formula is C14H23NO3. The maximum absolute atomic E-state index is 11.2. The van der Waals surface area contributed by atoms with Crippen LogP contribution < -0.4 is 0 Å². The lowest BCUT2D eigenvalue weighted by atomic mass is 9.92. The molecule has 0 bridgehead atoms. The Morgan fingerprint density at radius 3 is 2.72 bits per heavy atom. The summed E-state index contributed by atoms with van der Waals surface area (Å²) in [5.74, 6) is 0.877. The van der Waals surface area contributed by atoms with Gasteiger partial charge in [-0.05, 0) is 6.42 Å². The summed E-state index contributed by atoms with van der Waals surface area (Å²) in [6.07, 6.45) is 4.08. The van der Waals surface area contributed by atoms with Crippen molar-refractivity contribution in [3.8, 4) is 0 Å². The van der Waals surface area contributed by atoms with Gasteiger partial charge in [-0.25, -0.2) is 4.99 Å². The van der Waals surface area contributed by atoms with Crippen LogP contribution in [0.1, 0.15) is 40.0 Å². The average Bonchev–Trinajstić information content (AvgIpc) is 2.73. The van der Waals surface area contributed by atoms with Gasteiger partial charge in [0.25, 0.3) is 0 Å². The van der Waals surface area contributed by atoms with Crippen LogP contribution in [0.3, 0.4) is 0 Å². The minimum absolute atomic E-state index is 0.0690. The lowest BCUT2D eigenvalue weighted by molar-refractivity contribution is -0.122. The van der Waals surface area contributed by atoms with Gasteiger partial charge in [-0.2, -0.15) is 0 Å². The van der Waals surface area contributed by atoms with Crippen LogP contribution in [0.5, 0.6) is 0 Å². The summed E-state index contributed by atoms with van der Waals surface area (Å²) >= 11 is 0. The van der Waals surface area contributed by atoms with E-state index in [1.807, 2.05) is 0 Å². The summed E-state index contributed by atoms with van der Waals surface area (Å²) in [6, 6.07) is 0. The van der Waals surface area contributed by atoms with Crippen molar-refractivity contribution < 1.29 is 14.3 Å². The minimum atomic E-state index is 0.0690. The number of Topliss-reactive ketones (excluding diaryl/α,β-unsaturated/α-hetero) is 1. The van der Waals surface area contributed by atoms with E-state index in [1.165, 1.54) is 7.11 Å². The molecule has 0 aromatic carbocycles. The second-order valence-corrected chi connectivity index (χ2v) is 5.47. The van der Waals surface area contributed by atoms with Crippen molar-refractivity contribution in [1.29, 1.82) is 0 Å². The molecule has 18 heavy (non-hydrogen) atoms. The summed E-state index contributed by atoms with van der Waals surface area (Å²) in [7, 11) is 1.53. The molecule has 0 aromatic heterocycles. The van der Waals surface area contributed by atoms with E-state index in [-0.39, 0.29) is 17.8 Å². The Labute approximate surface area is 109 Å². The van der Waals surface area contributed by atoms with E-state index in [2.05, 4.69) is 31.8 Å². The molecule has 0 aromatic rings. The van der Waals surface area contributed by atoms with Crippen LogP contribution in [0.25, 0.3) is 0 Å². The number of ketones is 1. The van der Waals surface area contributed by atoms with Gasteiger partial charge in [-0.15, -0.1) is 0 Å². The molecule has 0 spiro atoms. The molecule has 0 amide bonds. The van der Waals surface area contributed by atoms with Crippen molar-refractivity contribution in [2.45, 2.75) is 40.0 Å². The molecule has 0 fully saturated rings. The lowest BCUT2D eigenvalue weighted by Crippen LogP contribution is -2.10. The fraction of sp³-hybridized carbons (Fsp3) is 0.714. The highest BCUT2D eigenvalue weighted by Crippen LogP contribution is 2.30. The molecule has 4 heteroatoms. The zero-order valence-corrected chi connectivity index (χ0v) is 11.8. The van der Waals surface area contributed by atoms with Crippen molar-refractivity contribution in [2.24, 2.45) is 10.4 Å². The molecule has 0 saturated heterocycles. The highest BCUT2D eigenvalue weighted by Gasteiger charge is 2.21. The average molecular weight is 253 g/mol. The molecule has 0 unspecified atom stereocenters. The molecule has 1 aliphatic rings. The van der Waals surface area contributed by atoms with E-state index in [4.69, 9.17) is 9.47 Å². The molecule has 1 heterocycles. The maximum atomic E-state index is 11.2. The summed E-state index contributed by atoms with van der Waals surface area (Å²) < 4.78 is 10.3. The van der Waals surface area contributed by atoms with Gasteiger partial charge in [0.1, 0.15) is 6.61 Å². The Morgan fingerprint density at radius 2 is 2.17 bits per heavy atom. The fourth-order valence-corrected chi connectivity index (χ4v) is 1.67. The quantitative estimate of drug-likeness (QED) is 0.684. The van der Waals surface area contributed by atoms with Crippen molar-refractivity contribution in [2.75, 3.05) is 20.3 Å². The molecule has 4 nitrogen and oxygen atoms in total. The standard InChI is InChI=1S/C14H23NO3/c1-14(2,3)12-7-8-13(15-12)18-9-5-6-11(16)10-17-4/h7H,5-6,8-10H2,1-4H3. The van der Waals surface area contributed by atoms with Gasteiger partial charge in [0.05, 0.1) is 6.61 Å². The van der Waals surface area contributed by atoms with Crippen molar-refractivity contribution in [3.63, 3.8) is 0 Å². The highest BCUT2D eigenvalue weighted by molar-refractivity contribution is 5.81. The Kier molecular flexibility index (Phi) is 5.54. The van der Waals surface area contributed by atoms with Gasteiger partial charge in [-0.3, -0.25) is 4.79 Å². The van der Waals surface area contributed by atoms with E-state index in [1.54, 1.807) is 0 Å². The van der Waals surface area contributed by atoms with Crippen LogP contribution in [0.4, 0.5) is 0 Å². The fourth-order valence-electron chi connectivity index (χ4n) is 1.67. The number of aliphatic imine (C=N–C) groups is 1. The summed E-state index contributed by atoms with van der Waals surface area (Å²) in [5.41, 5.74) is 1.15. The lowest BCUT2D eigenvalue weighted by Gasteiger charge is -2.16. The topological polar surface area (TPSA) is 47.9 Å². The van der Waals surface area contributed by atoms with Crippen LogP contribution >= 0.6 is 0 Å². The van der Waals surface area contributed by atoms with Gasteiger partial charge >= 0.3 is 0 Å². The van der Waals surface area contributed by atoms with Crippen molar-refractivity contribution in [3.05, 3.63) is 11.8 Å². The van der Waals surface area contributed by atoms with Gasteiger partial charge in [0.15, 0.2) is 11.7 Å². The van der Waals surface area contributed by atoms with Crippen molar-refractivity contribution in [1.82, 2.24) is 0 Å². The number of hydrogen-bond donors (Lipinski definition) is 0. The maximum Gasteiger partial charge on any atom is 0.192 e. The number of methoxy groups -OCH3 is 1. The SMILES string of the molecule is COCC(=O)CCCOC1=NC(C(C)(C)C)=CC1. The first-order valence-electron chi connectivity index (χ1n) is 6.35. The van der Waals surface area contributed by atoms with E-state index in [0.717, 1.165) is 18.0 Å². The molecule has 1 rings (SSSR count). The second kappa shape index (κ2) is 6.69. The molecule has 0 radical (unpaired) electrons. The first-order valence-corrected chi connectivity index (χ1v) is 6.35. The van der Waals surface area contributed by atoms with Crippen LogP contribution in [0.2, 0.25) is 0 Å². The van der Waals surface area contributed by atoms with Crippen LogP contribution in [0, 0.1) is 5.41 Å². The zero-order valence-electron chi connectivity index (χ0n) is 11.8. The summed E-state index contributed by atoms with van der Waals surface area (Å²) in [5, 5.41) is 0. The van der Waals surface area contributed by atoms with E-state index < -0.39 is 0 Å². The second-order valence-electron chi connectivity index (χ2n) is 5.47. The zero-order chi connectivity index (χ0) is 13.6. The third-order valence-electron chi connectivity index (χ3n) is 2.66. The Morgan fingerprint density at radius 1 is 1.44 bits per heavy atom. The number of allylic oxidation sites excluding steroid dienone is 1. The predicted octanol–water partition coefficient (Wildman–Crippen LogP) is 2.73. The number of carbonyl (C=O) groups excluding carboxylic acids is 1. The van der Waals surface area contributed by atoms with Gasteiger partial charge in [0, 0.05) is 31.1 Å². The summed E-state index contributed by atoms with van der Waals surface area (Å²) in [6.45, 7) is 7.13. The van der Waals surface area contributed by atoms with E-state index in [0.29, 0.717) is 19.4 Å². The molecule has 0 N–H and O–H groups in total. The number of hydrogen-bond acceptors (Lipinski definition) is 4. The van der Waals surface area contributed by atoms with Crippen molar-refractivity contribution >= 4 is 11.7 Å². The normalized spacial score (nSPS) is 15.3. The first kappa shape index (κ1) is 14.9. The third kappa shape index (κ3) is 5.00. The van der Waals surface area contributed by atoms with Crippen LogP contribution in [-0.4, -0.2) is 32.0 Å². The molecule has 0 atom stereocenters. The largest absolute Gasteiger partial charge is 0.480 e. The van der Waals surface area contributed by atoms with Crippen LogP contribution in [0.15, 0.2) is 16.8 Å². The molecule has 0 saturated carbocycles. The number of carbonyl (C=O) groups is 1. The first-order chi connectivity index (χ1) is 8.43. The number of nitrogens with zero attached hydrogens (tertiary/aromatic N) is 1. The van der Waals surface area contributed by atoms with Gasteiger partial charge in [0.2, 0.25) is 0 Å². The Balaban J connectivity index is 2.21. The monoisotopic (exact) mass is 253 g/mol. The molecule has 1 aliphatic heterocycles. The van der Waals surface area contributed by atoms with E-state index >= 15 is 0 Å². The highest BCUT2D eigenvalue weighted by atomic mass is 16.5. The number of rotatable bonds is 6. The molecule has 102 valence electrons. The summed E-state index contributed by atoms with van der Waals surface area (Å²) in [4.78, 5) is 15.7. The van der Waals surface area contributed by atoms with E-state index in [9.17, 15) is 4.79 Å². The molecular weight excluding hydrogens is 230 g/mol. The smallest absolute Gasteiger partial charge is 0.192 e. The Hall–Kier alpha value is -1.16. The predicted molar refractivity (Wildman–Crippen MR) is 71.7 cm³/mol. The number of ether oxygens (including phenoxy) is 2.